The highest BCUT2D eigenvalue weighted by atomic mass is 35.5. The van der Waals surface area contributed by atoms with Crippen molar-refractivity contribution in [3.63, 3.8) is 0 Å². The maximum absolute atomic E-state index is 9.02. The van der Waals surface area contributed by atoms with Crippen LogP contribution in [0, 0.1) is 0 Å². The van der Waals surface area contributed by atoms with Crippen molar-refractivity contribution in [2.45, 2.75) is 6.42 Å². The van der Waals surface area contributed by atoms with Crippen LogP contribution in [-0.2, 0) is 6.42 Å². The fraction of sp³-hybridized carbons (Fsp3) is 0.200. The van der Waals surface area contributed by atoms with Crippen molar-refractivity contribution >= 4 is 11.6 Å². The largest absolute Gasteiger partial charge is 0.496 e. The zero-order chi connectivity index (χ0) is 13.0. The van der Waals surface area contributed by atoms with E-state index in [1.807, 2.05) is 42.5 Å². The third-order valence-corrected chi connectivity index (χ3v) is 3.21. The number of rotatable bonds is 4. The van der Waals surface area contributed by atoms with Gasteiger partial charge in [0.25, 0.3) is 0 Å². The molecule has 0 aliphatic carbocycles. The lowest BCUT2D eigenvalue weighted by atomic mass is 10.0. The van der Waals surface area contributed by atoms with Gasteiger partial charge in [-0.1, -0.05) is 35.9 Å². The predicted octanol–water partition coefficient (Wildman–Crippen LogP) is 3.55. The molecule has 0 saturated carbocycles. The Morgan fingerprint density at radius 1 is 1.17 bits per heavy atom. The van der Waals surface area contributed by atoms with Crippen LogP contribution in [0.25, 0.3) is 11.1 Å². The fourth-order valence-electron chi connectivity index (χ4n) is 1.94. The molecule has 2 aromatic carbocycles. The van der Waals surface area contributed by atoms with Crippen molar-refractivity contribution in [1.29, 1.82) is 0 Å². The molecule has 0 heterocycles. The molecule has 0 aromatic heterocycles. The molecule has 3 heteroatoms. The lowest BCUT2D eigenvalue weighted by Gasteiger charge is -2.10. The molecule has 0 saturated heterocycles. The van der Waals surface area contributed by atoms with Crippen LogP contribution in [0.5, 0.6) is 5.75 Å². The smallest absolute Gasteiger partial charge is 0.126 e. The van der Waals surface area contributed by atoms with E-state index in [0.29, 0.717) is 11.4 Å². The second-order valence-electron chi connectivity index (χ2n) is 3.98. The van der Waals surface area contributed by atoms with E-state index in [1.165, 1.54) is 0 Å². The normalized spacial score (nSPS) is 10.4. The van der Waals surface area contributed by atoms with Crippen LogP contribution in [0.15, 0.2) is 42.5 Å². The van der Waals surface area contributed by atoms with Crippen LogP contribution in [-0.4, -0.2) is 18.8 Å². The summed E-state index contributed by atoms with van der Waals surface area (Å²) in [6.45, 7) is 0.0924. The summed E-state index contributed by atoms with van der Waals surface area (Å²) >= 11 is 6.09. The third kappa shape index (κ3) is 2.66. The Kier molecular flexibility index (Phi) is 4.24. The number of aliphatic hydroxyl groups is 1. The van der Waals surface area contributed by atoms with Crippen LogP contribution in [0.2, 0.25) is 5.02 Å². The summed E-state index contributed by atoms with van der Waals surface area (Å²) in [6.07, 6.45) is 0.557. The Bertz CT molecular complexity index is 538. The molecule has 0 radical (unpaired) electrons. The number of methoxy groups -OCH3 is 1. The van der Waals surface area contributed by atoms with Gasteiger partial charge >= 0.3 is 0 Å². The molecule has 2 aromatic rings. The van der Waals surface area contributed by atoms with Gasteiger partial charge in [0.05, 0.1) is 7.11 Å². The number of benzene rings is 2. The van der Waals surface area contributed by atoms with Crippen molar-refractivity contribution in [2.24, 2.45) is 0 Å². The lowest BCUT2D eigenvalue weighted by Crippen LogP contribution is -1.93. The zero-order valence-electron chi connectivity index (χ0n) is 10.2. The Balaban J connectivity index is 2.47. The summed E-state index contributed by atoms with van der Waals surface area (Å²) in [5.74, 6) is 0.828. The molecule has 0 amide bonds. The minimum Gasteiger partial charge on any atom is -0.496 e. The van der Waals surface area contributed by atoms with Crippen molar-refractivity contribution in [3.8, 4) is 16.9 Å². The number of hydrogen-bond acceptors (Lipinski definition) is 2. The van der Waals surface area contributed by atoms with Gasteiger partial charge < -0.3 is 9.84 Å². The molecule has 18 heavy (non-hydrogen) atoms. The molecule has 0 fully saturated rings. The monoisotopic (exact) mass is 262 g/mol. The van der Waals surface area contributed by atoms with E-state index in [1.54, 1.807) is 7.11 Å². The second kappa shape index (κ2) is 5.89. The summed E-state index contributed by atoms with van der Waals surface area (Å²) in [4.78, 5) is 0. The quantitative estimate of drug-likeness (QED) is 0.913. The molecular formula is C15H15ClO2. The number of ether oxygens (including phenoxy) is 1. The molecule has 2 rings (SSSR count). The van der Waals surface area contributed by atoms with Gasteiger partial charge in [-0.15, -0.1) is 0 Å². The van der Waals surface area contributed by atoms with Gasteiger partial charge in [-0.05, 0) is 35.7 Å². The van der Waals surface area contributed by atoms with E-state index in [0.717, 1.165) is 22.4 Å². The predicted molar refractivity (Wildman–Crippen MR) is 74.2 cm³/mol. The van der Waals surface area contributed by atoms with E-state index in [9.17, 15) is 0 Å². The summed E-state index contributed by atoms with van der Waals surface area (Å²) in [7, 11) is 1.66. The van der Waals surface area contributed by atoms with Crippen molar-refractivity contribution < 1.29 is 9.84 Å². The molecule has 0 aliphatic rings. The van der Waals surface area contributed by atoms with Gasteiger partial charge in [0.1, 0.15) is 5.75 Å². The first-order valence-corrected chi connectivity index (χ1v) is 6.16. The molecule has 0 atom stereocenters. The first kappa shape index (κ1) is 12.9. The first-order valence-electron chi connectivity index (χ1n) is 5.79. The third-order valence-electron chi connectivity index (χ3n) is 2.84. The van der Waals surface area contributed by atoms with Gasteiger partial charge in [0.2, 0.25) is 0 Å². The minimum absolute atomic E-state index is 0.0924. The molecule has 2 nitrogen and oxygen atoms in total. The van der Waals surface area contributed by atoms with Crippen LogP contribution in [0.3, 0.4) is 0 Å². The van der Waals surface area contributed by atoms with Crippen LogP contribution in [0.4, 0.5) is 0 Å². The maximum Gasteiger partial charge on any atom is 0.126 e. The number of aliphatic hydroxyl groups excluding tert-OH is 1. The van der Waals surface area contributed by atoms with E-state index in [-0.39, 0.29) is 6.61 Å². The first-order chi connectivity index (χ1) is 8.76. The zero-order valence-corrected chi connectivity index (χ0v) is 10.9. The summed E-state index contributed by atoms with van der Waals surface area (Å²) < 4.78 is 5.35. The van der Waals surface area contributed by atoms with E-state index < -0.39 is 0 Å². The molecule has 0 spiro atoms. The van der Waals surface area contributed by atoms with Crippen LogP contribution in [0.1, 0.15) is 5.56 Å². The Hall–Kier alpha value is -1.51. The van der Waals surface area contributed by atoms with E-state index in [2.05, 4.69) is 0 Å². The molecule has 94 valence electrons. The van der Waals surface area contributed by atoms with E-state index >= 15 is 0 Å². The Morgan fingerprint density at radius 2 is 1.94 bits per heavy atom. The summed E-state index contributed by atoms with van der Waals surface area (Å²) in [6, 6.07) is 13.7. The average molecular weight is 263 g/mol. The standard InChI is InChI=1S/C15H15ClO2/c1-18-15-5-3-2-4-13(15)11-6-7-14(16)12(10-11)8-9-17/h2-7,10,17H,8-9H2,1H3. The summed E-state index contributed by atoms with van der Waals surface area (Å²) in [5, 5.41) is 9.71. The number of para-hydroxylation sites is 1. The van der Waals surface area contributed by atoms with Gasteiger partial charge in [0, 0.05) is 17.2 Å². The number of hydrogen-bond donors (Lipinski definition) is 1. The summed E-state index contributed by atoms with van der Waals surface area (Å²) in [5.41, 5.74) is 3.01. The second-order valence-corrected chi connectivity index (χ2v) is 4.39. The van der Waals surface area contributed by atoms with E-state index in [4.69, 9.17) is 21.4 Å². The molecule has 0 aliphatic heterocycles. The highest BCUT2D eigenvalue weighted by Crippen LogP contribution is 2.32. The SMILES string of the molecule is COc1ccccc1-c1ccc(Cl)c(CCO)c1. The average Bonchev–Trinajstić information content (AvgIpc) is 2.41. The fourth-order valence-corrected chi connectivity index (χ4v) is 2.15. The molecule has 0 unspecified atom stereocenters. The van der Waals surface area contributed by atoms with Gasteiger partial charge in [-0.2, -0.15) is 0 Å². The van der Waals surface area contributed by atoms with Crippen LogP contribution < -0.4 is 4.74 Å². The molecule has 0 bridgehead atoms. The molecular weight excluding hydrogens is 248 g/mol. The highest BCUT2D eigenvalue weighted by Gasteiger charge is 2.07. The van der Waals surface area contributed by atoms with Crippen molar-refractivity contribution in [1.82, 2.24) is 0 Å². The molecule has 1 N–H and O–H groups in total. The van der Waals surface area contributed by atoms with Gasteiger partial charge in [-0.25, -0.2) is 0 Å². The van der Waals surface area contributed by atoms with Crippen LogP contribution >= 0.6 is 11.6 Å². The topological polar surface area (TPSA) is 29.5 Å². The van der Waals surface area contributed by atoms with Gasteiger partial charge in [0.15, 0.2) is 0 Å². The maximum atomic E-state index is 9.02. The van der Waals surface area contributed by atoms with Crippen molar-refractivity contribution in [2.75, 3.05) is 13.7 Å². The van der Waals surface area contributed by atoms with Gasteiger partial charge in [-0.3, -0.25) is 0 Å². The Morgan fingerprint density at radius 3 is 2.67 bits per heavy atom. The minimum atomic E-state index is 0.0924. The van der Waals surface area contributed by atoms with Crippen molar-refractivity contribution in [3.05, 3.63) is 53.1 Å². The Labute approximate surface area is 112 Å². The highest BCUT2D eigenvalue weighted by molar-refractivity contribution is 6.31. The number of halogens is 1. The lowest BCUT2D eigenvalue weighted by molar-refractivity contribution is 0.299.